The number of thioether (sulfide) groups is 1. The number of hydrogen-bond donors (Lipinski definition) is 1. The molecule has 0 amide bonds. The van der Waals surface area contributed by atoms with Gasteiger partial charge in [0.25, 0.3) is 10.0 Å². The van der Waals surface area contributed by atoms with Gasteiger partial charge in [-0.25, -0.2) is 13.2 Å². The molecule has 0 unspecified atom stereocenters. The van der Waals surface area contributed by atoms with Crippen molar-refractivity contribution >= 4 is 49.4 Å². The molecule has 5 nitrogen and oxygen atoms in total. The third-order valence-corrected chi connectivity index (χ3v) is 7.10. The lowest BCUT2D eigenvalue weighted by molar-refractivity contribution is 0.0601. The number of rotatable bonds is 8. The third-order valence-electron chi connectivity index (χ3n) is 4.25. The van der Waals surface area contributed by atoms with E-state index in [1.807, 2.05) is 18.2 Å². The molecule has 0 aliphatic rings. The number of sulfonamides is 1. The molecule has 3 rings (SSSR count). The summed E-state index contributed by atoms with van der Waals surface area (Å²) in [5.41, 5.74) is 1.58. The highest BCUT2D eigenvalue weighted by Gasteiger charge is 2.20. The Kier molecular flexibility index (Phi) is 7.58. The van der Waals surface area contributed by atoms with Gasteiger partial charge in [-0.1, -0.05) is 52.3 Å². The molecule has 30 heavy (non-hydrogen) atoms. The second-order valence-electron chi connectivity index (χ2n) is 6.35. The number of ether oxygens (including phenoxy) is 1. The Balaban J connectivity index is 1.80. The van der Waals surface area contributed by atoms with Gasteiger partial charge in [-0.05, 0) is 48.4 Å². The van der Waals surface area contributed by atoms with Crippen molar-refractivity contribution in [2.75, 3.05) is 17.6 Å². The molecule has 0 fully saturated rings. The highest BCUT2D eigenvalue weighted by molar-refractivity contribution is 9.10. The molecule has 0 bridgehead atoms. The lowest BCUT2D eigenvalue weighted by Crippen LogP contribution is -2.16. The first-order valence-electron chi connectivity index (χ1n) is 9.06. The molecule has 0 spiro atoms. The van der Waals surface area contributed by atoms with Crippen molar-refractivity contribution in [3.63, 3.8) is 0 Å². The number of hydrogen-bond acceptors (Lipinski definition) is 5. The van der Waals surface area contributed by atoms with Crippen molar-refractivity contribution in [2.24, 2.45) is 0 Å². The van der Waals surface area contributed by atoms with E-state index in [0.29, 0.717) is 4.47 Å². The van der Waals surface area contributed by atoms with Crippen LogP contribution >= 0.6 is 27.7 Å². The smallest absolute Gasteiger partial charge is 0.340 e. The number of nitrogens with one attached hydrogen (secondary N) is 1. The zero-order valence-electron chi connectivity index (χ0n) is 16.2. The first-order valence-corrected chi connectivity index (χ1v) is 12.3. The second kappa shape index (κ2) is 10.1. The van der Waals surface area contributed by atoms with E-state index in [-0.39, 0.29) is 16.1 Å². The molecule has 0 saturated heterocycles. The molecular formula is C22H20BrNO4S2. The molecule has 8 heteroatoms. The zero-order chi connectivity index (χ0) is 21.6. The SMILES string of the molecule is COC(=O)c1cc(SCCc2ccccc2)ccc1NS(=O)(=O)c1cccc(Br)c1. The van der Waals surface area contributed by atoms with Crippen molar-refractivity contribution in [1.29, 1.82) is 0 Å². The van der Waals surface area contributed by atoms with E-state index in [0.717, 1.165) is 17.1 Å². The number of carbonyl (C=O) groups excluding carboxylic acids is 1. The van der Waals surface area contributed by atoms with Gasteiger partial charge in [0, 0.05) is 15.1 Å². The summed E-state index contributed by atoms with van der Waals surface area (Å²) in [4.78, 5) is 13.2. The van der Waals surface area contributed by atoms with Gasteiger partial charge in [-0.2, -0.15) is 0 Å². The van der Waals surface area contributed by atoms with Crippen LogP contribution < -0.4 is 4.72 Å². The maximum Gasteiger partial charge on any atom is 0.340 e. The van der Waals surface area contributed by atoms with Gasteiger partial charge < -0.3 is 4.74 Å². The van der Waals surface area contributed by atoms with Crippen LogP contribution in [0.2, 0.25) is 0 Å². The average molecular weight is 506 g/mol. The van der Waals surface area contributed by atoms with Gasteiger partial charge >= 0.3 is 5.97 Å². The predicted molar refractivity (Wildman–Crippen MR) is 124 cm³/mol. The summed E-state index contributed by atoms with van der Waals surface area (Å²) in [6.07, 6.45) is 0.885. The Morgan fingerprint density at radius 3 is 2.50 bits per heavy atom. The van der Waals surface area contributed by atoms with E-state index in [2.05, 4.69) is 32.8 Å². The zero-order valence-corrected chi connectivity index (χ0v) is 19.4. The summed E-state index contributed by atoms with van der Waals surface area (Å²) >= 11 is 4.86. The summed E-state index contributed by atoms with van der Waals surface area (Å²) in [6, 6.07) is 21.5. The normalized spacial score (nSPS) is 11.1. The minimum absolute atomic E-state index is 0.0917. The maximum absolute atomic E-state index is 12.7. The second-order valence-corrected chi connectivity index (χ2v) is 10.1. The number of benzene rings is 3. The average Bonchev–Trinajstić information content (AvgIpc) is 2.74. The molecule has 3 aromatic rings. The minimum Gasteiger partial charge on any atom is -0.465 e. The Bertz CT molecular complexity index is 1130. The van der Waals surface area contributed by atoms with Crippen LogP contribution in [-0.2, 0) is 21.2 Å². The lowest BCUT2D eigenvalue weighted by Gasteiger charge is -2.13. The van der Waals surface area contributed by atoms with E-state index in [4.69, 9.17) is 4.74 Å². The van der Waals surface area contributed by atoms with Gasteiger partial charge in [-0.3, -0.25) is 4.72 Å². The standard InChI is InChI=1S/C22H20BrNO4S2/c1-28-22(25)20-15-18(29-13-12-16-6-3-2-4-7-16)10-11-21(20)24-30(26,27)19-9-5-8-17(23)14-19/h2-11,14-15,24H,12-13H2,1H3. The van der Waals surface area contributed by atoms with Crippen molar-refractivity contribution in [3.8, 4) is 0 Å². The number of carbonyl (C=O) groups is 1. The first kappa shape index (κ1) is 22.4. The van der Waals surface area contributed by atoms with Crippen LogP contribution in [0.15, 0.2) is 87.1 Å². The topological polar surface area (TPSA) is 72.5 Å². The molecule has 0 radical (unpaired) electrons. The Morgan fingerprint density at radius 1 is 1.03 bits per heavy atom. The number of methoxy groups -OCH3 is 1. The van der Waals surface area contributed by atoms with Crippen LogP contribution in [0.25, 0.3) is 0 Å². The summed E-state index contributed by atoms with van der Waals surface area (Å²) in [5.74, 6) is 0.223. The van der Waals surface area contributed by atoms with E-state index in [1.165, 1.54) is 24.8 Å². The number of anilines is 1. The number of esters is 1. The monoisotopic (exact) mass is 505 g/mol. The minimum atomic E-state index is -3.86. The molecule has 0 aliphatic heterocycles. The first-order chi connectivity index (χ1) is 14.4. The van der Waals surface area contributed by atoms with Crippen molar-refractivity contribution in [3.05, 3.63) is 88.4 Å². The van der Waals surface area contributed by atoms with Crippen molar-refractivity contribution in [1.82, 2.24) is 0 Å². The summed E-state index contributed by atoms with van der Waals surface area (Å²) in [6.45, 7) is 0. The fourth-order valence-corrected chi connectivity index (χ4v) is 5.37. The molecule has 156 valence electrons. The van der Waals surface area contributed by atoms with Gasteiger partial charge in [0.05, 0.1) is 23.3 Å². The molecule has 0 atom stereocenters. The highest BCUT2D eigenvalue weighted by Crippen LogP contribution is 2.28. The predicted octanol–water partition coefficient (Wildman–Crippen LogP) is 5.37. The van der Waals surface area contributed by atoms with E-state index < -0.39 is 16.0 Å². The highest BCUT2D eigenvalue weighted by atomic mass is 79.9. The van der Waals surface area contributed by atoms with E-state index in [1.54, 1.807) is 42.1 Å². The van der Waals surface area contributed by atoms with Gasteiger partial charge in [0.15, 0.2) is 0 Å². The summed E-state index contributed by atoms with van der Waals surface area (Å²) in [7, 11) is -2.59. The Morgan fingerprint density at radius 2 is 1.80 bits per heavy atom. The van der Waals surface area contributed by atoms with Gasteiger partial charge in [0.1, 0.15) is 0 Å². The molecule has 0 aromatic heterocycles. The molecule has 0 heterocycles. The van der Waals surface area contributed by atoms with Crippen LogP contribution in [0.4, 0.5) is 5.69 Å². The third kappa shape index (κ3) is 5.87. The van der Waals surface area contributed by atoms with Crippen molar-refractivity contribution in [2.45, 2.75) is 16.2 Å². The quantitative estimate of drug-likeness (QED) is 0.329. The van der Waals surface area contributed by atoms with E-state index >= 15 is 0 Å². The molecule has 0 saturated carbocycles. The van der Waals surface area contributed by atoms with Gasteiger partial charge in [0.2, 0.25) is 0 Å². The number of halogens is 1. The van der Waals surface area contributed by atoms with Gasteiger partial charge in [-0.15, -0.1) is 11.8 Å². The summed E-state index contributed by atoms with van der Waals surface area (Å²) in [5, 5.41) is 0. The summed E-state index contributed by atoms with van der Waals surface area (Å²) < 4.78 is 33.5. The van der Waals surface area contributed by atoms with Crippen LogP contribution in [-0.4, -0.2) is 27.2 Å². The molecule has 1 N–H and O–H groups in total. The van der Waals surface area contributed by atoms with Crippen LogP contribution in [0, 0.1) is 0 Å². The van der Waals surface area contributed by atoms with Crippen LogP contribution in [0.5, 0.6) is 0 Å². The Labute approximate surface area is 189 Å². The van der Waals surface area contributed by atoms with Crippen molar-refractivity contribution < 1.29 is 17.9 Å². The largest absolute Gasteiger partial charge is 0.465 e. The lowest BCUT2D eigenvalue weighted by atomic mass is 10.2. The van der Waals surface area contributed by atoms with Crippen LogP contribution in [0.3, 0.4) is 0 Å². The maximum atomic E-state index is 12.7. The van der Waals surface area contributed by atoms with E-state index in [9.17, 15) is 13.2 Å². The number of aryl methyl sites for hydroxylation is 1. The Hall–Kier alpha value is -2.29. The molecule has 0 aliphatic carbocycles. The molecule has 3 aromatic carbocycles. The molecular weight excluding hydrogens is 486 g/mol. The fourth-order valence-electron chi connectivity index (χ4n) is 2.75. The van der Waals surface area contributed by atoms with Crippen LogP contribution in [0.1, 0.15) is 15.9 Å². The fraction of sp³-hybridized carbons (Fsp3) is 0.136.